The zero-order valence-corrected chi connectivity index (χ0v) is 15.4. The monoisotopic (exact) mass is 351 g/mol. The average molecular weight is 351 g/mol. The van der Waals surface area contributed by atoms with Crippen molar-refractivity contribution in [1.29, 1.82) is 0 Å². The third kappa shape index (κ3) is 4.13. The number of fused-ring (bicyclic) bond motifs is 1. The van der Waals surface area contributed by atoms with Crippen LogP contribution in [-0.4, -0.2) is 29.9 Å². The number of aryl methyl sites for hydroxylation is 1. The van der Waals surface area contributed by atoms with E-state index >= 15 is 0 Å². The van der Waals surface area contributed by atoms with Crippen LogP contribution in [0.4, 0.5) is 0 Å². The lowest BCUT2D eigenvalue weighted by molar-refractivity contribution is 0.0652. The van der Waals surface area contributed by atoms with Gasteiger partial charge in [-0.3, -0.25) is 14.5 Å². The lowest BCUT2D eigenvalue weighted by Crippen LogP contribution is -2.30. The Morgan fingerprint density at radius 1 is 0.962 bits per heavy atom. The molecule has 26 heavy (non-hydrogen) atoms. The minimum absolute atomic E-state index is 0.184. The van der Waals surface area contributed by atoms with Crippen molar-refractivity contribution in [1.82, 2.24) is 4.90 Å². The molecule has 0 atom stereocenters. The summed E-state index contributed by atoms with van der Waals surface area (Å²) in [7, 11) is 0. The first-order chi connectivity index (χ1) is 12.6. The van der Waals surface area contributed by atoms with Crippen molar-refractivity contribution < 1.29 is 14.3 Å². The molecule has 0 unspecified atom stereocenters. The zero-order chi connectivity index (χ0) is 18.5. The Morgan fingerprint density at radius 3 is 2.31 bits per heavy atom. The zero-order valence-electron chi connectivity index (χ0n) is 15.4. The van der Waals surface area contributed by atoms with Gasteiger partial charge in [0.2, 0.25) is 0 Å². The molecule has 1 aliphatic rings. The fraction of sp³-hybridized carbons (Fsp3) is 0.364. The summed E-state index contributed by atoms with van der Waals surface area (Å²) in [4.78, 5) is 26.1. The maximum Gasteiger partial charge on any atom is 0.261 e. The molecule has 4 nitrogen and oxygen atoms in total. The van der Waals surface area contributed by atoms with Gasteiger partial charge in [0.1, 0.15) is 5.75 Å². The van der Waals surface area contributed by atoms with Gasteiger partial charge in [0.25, 0.3) is 11.8 Å². The molecule has 0 aliphatic carbocycles. The number of amides is 2. The molecule has 0 saturated heterocycles. The van der Waals surface area contributed by atoms with Crippen LogP contribution >= 0.6 is 0 Å². The molecule has 2 aromatic carbocycles. The SMILES string of the molecule is CC(C)CCOc1cccc(CCCN2C(=O)c3ccccc3C2=O)c1. The molecule has 0 spiro atoms. The van der Waals surface area contributed by atoms with Crippen molar-refractivity contribution in [3.05, 3.63) is 65.2 Å². The van der Waals surface area contributed by atoms with Crippen LogP contribution in [0.25, 0.3) is 0 Å². The van der Waals surface area contributed by atoms with Crippen LogP contribution in [0.1, 0.15) is 53.0 Å². The fourth-order valence-corrected chi connectivity index (χ4v) is 3.09. The second-order valence-corrected chi connectivity index (χ2v) is 7.09. The van der Waals surface area contributed by atoms with Crippen LogP contribution in [0.3, 0.4) is 0 Å². The van der Waals surface area contributed by atoms with E-state index in [-0.39, 0.29) is 11.8 Å². The standard InChI is InChI=1S/C22H25NO3/c1-16(2)12-14-26-18-9-5-7-17(15-18)8-6-13-23-21(24)19-10-3-4-11-20(19)22(23)25/h3-5,7,9-11,15-16H,6,8,12-14H2,1-2H3. The average Bonchev–Trinajstić information content (AvgIpc) is 2.87. The molecule has 2 aromatic rings. The van der Waals surface area contributed by atoms with Crippen LogP contribution in [0.5, 0.6) is 5.75 Å². The highest BCUT2D eigenvalue weighted by atomic mass is 16.5. The number of ether oxygens (including phenoxy) is 1. The number of benzene rings is 2. The molecule has 0 radical (unpaired) electrons. The van der Waals surface area contributed by atoms with E-state index in [1.807, 2.05) is 18.2 Å². The van der Waals surface area contributed by atoms with Gasteiger partial charge in [-0.2, -0.15) is 0 Å². The molecule has 0 N–H and O–H groups in total. The summed E-state index contributed by atoms with van der Waals surface area (Å²) in [5, 5.41) is 0. The van der Waals surface area contributed by atoms with Crippen LogP contribution in [0, 0.1) is 5.92 Å². The van der Waals surface area contributed by atoms with Crippen molar-refractivity contribution in [2.24, 2.45) is 5.92 Å². The van der Waals surface area contributed by atoms with E-state index < -0.39 is 0 Å². The Morgan fingerprint density at radius 2 is 1.65 bits per heavy atom. The summed E-state index contributed by atoms with van der Waals surface area (Å²) in [5.74, 6) is 1.13. The number of hydrogen-bond donors (Lipinski definition) is 0. The van der Waals surface area contributed by atoms with Gasteiger partial charge in [-0.25, -0.2) is 0 Å². The quantitative estimate of drug-likeness (QED) is 0.665. The first-order valence-corrected chi connectivity index (χ1v) is 9.23. The highest BCUT2D eigenvalue weighted by Gasteiger charge is 2.34. The molecule has 0 saturated carbocycles. The van der Waals surface area contributed by atoms with Gasteiger partial charge in [0.15, 0.2) is 0 Å². The van der Waals surface area contributed by atoms with Crippen LogP contribution < -0.4 is 4.74 Å². The highest BCUT2D eigenvalue weighted by molar-refractivity contribution is 6.21. The van der Waals surface area contributed by atoms with Gasteiger partial charge in [-0.15, -0.1) is 0 Å². The summed E-state index contributed by atoms with van der Waals surface area (Å²) in [6.45, 7) is 5.51. The molecule has 0 bridgehead atoms. The summed E-state index contributed by atoms with van der Waals surface area (Å²) in [6, 6.07) is 15.1. The first kappa shape index (κ1) is 18.2. The Balaban J connectivity index is 1.53. The third-order valence-electron chi connectivity index (χ3n) is 4.59. The number of carbonyl (C=O) groups is 2. The van der Waals surface area contributed by atoms with Crippen molar-refractivity contribution in [3.8, 4) is 5.75 Å². The minimum atomic E-state index is -0.184. The van der Waals surface area contributed by atoms with Gasteiger partial charge in [0, 0.05) is 6.54 Å². The van der Waals surface area contributed by atoms with Crippen LogP contribution in [0.2, 0.25) is 0 Å². The molecular formula is C22H25NO3. The Hall–Kier alpha value is -2.62. The van der Waals surface area contributed by atoms with Crippen molar-refractivity contribution in [2.45, 2.75) is 33.1 Å². The maximum absolute atomic E-state index is 12.4. The van der Waals surface area contributed by atoms with Gasteiger partial charge < -0.3 is 4.74 Å². The van der Waals surface area contributed by atoms with E-state index in [0.29, 0.717) is 23.6 Å². The summed E-state index contributed by atoms with van der Waals surface area (Å²) in [5.41, 5.74) is 2.18. The lowest BCUT2D eigenvalue weighted by atomic mass is 10.1. The van der Waals surface area contributed by atoms with E-state index in [2.05, 4.69) is 19.9 Å². The van der Waals surface area contributed by atoms with E-state index in [1.165, 1.54) is 4.90 Å². The predicted octanol–water partition coefficient (Wildman–Crippen LogP) is 4.34. The Bertz CT molecular complexity index is 762. The summed E-state index contributed by atoms with van der Waals surface area (Å²) in [6.07, 6.45) is 2.57. The molecular weight excluding hydrogens is 326 g/mol. The minimum Gasteiger partial charge on any atom is -0.494 e. The van der Waals surface area contributed by atoms with Gasteiger partial charge in [-0.05, 0) is 55.0 Å². The van der Waals surface area contributed by atoms with Crippen molar-refractivity contribution >= 4 is 11.8 Å². The summed E-state index contributed by atoms with van der Waals surface area (Å²) >= 11 is 0. The predicted molar refractivity (Wildman–Crippen MR) is 102 cm³/mol. The van der Waals surface area contributed by atoms with E-state index in [0.717, 1.165) is 37.2 Å². The van der Waals surface area contributed by atoms with Gasteiger partial charge >= 0.3 is 0 Å². The molecule has 3 rings (SSSR count). The summed E-state index contributed by atoms with van der Waals surface area (Å²) < 4.78 is 5.80. The second-order valence-electron chi connectivity index (χ2n) is 7.09. The molecule has 1 heterocycles. The lowest BCUT2D eigenvalue weighted by Gasteiger charge is -2.14. The Labute approximate surface area is 154 Å². The first-order valence-electron chi connectivity index (χ1n) is 9.23. The molecule has 136 valence electrons. The number of rotatable bonds is 8. The maximum atomic E-state index is 12.4. The van der Waals surface area contributed by atoms with Crippen molar-refractivity contribution in [2.75, 3.05) is 13.2 Å². The van der Waals surface area contributed by atoms with Gasteiger partial charge in [-0.1, -0.05) is 38.1 Å². The number of carbonyl (C=O) groups excluding carboxylic acids is 2. The second kappa shape index (κ2) is 8.17. The fourth-order valence-electron chi connectivity index (χ4n) is 3.09. The smallest absolute Gasteiger partial charge is 0.261 e. The molecule has 1 aliphatic heterocycles. The molecule has 0 fully saturated rings. The molecule has 2 amide bonds. The topological polar surface area (TPSA) is 46.6 Å². The molecule has 0 aromatic heterocycles. The van der Waals surface area contributed by atoms with Crippen LogP contribution in [-0.2, 0) is 6.42 Å². The van der Waals surface area contributed by atoms with E-state index in [1.54, 1.807) is 24.3 Å². The number of imide groups is 1. The van der Waals surface area contributed by atoms with Gasteiger partial charge in [0.05, 0.1) is 17.7 Å². The van der Waals surface area contributed by atoms with E-state index in [9.17, 15) is 9.59 Å². The van der Waals surface area contributed by atoms with Crippen LogP contribution in [0.15, 0.2) is 48.5 Å². The molecule has 4 heteroatoms. The highest BCUT2D eigenvalue weighted by Crippen LogP contribution is 2.23. The van der Waals surface area contributed by atoms with E-state index in [4.69, 9.17) is 4.74 Å². The normalized spacial score (nSPS) is 13.4. The largest absolute Gasteiger partial charge is 0.494 e. The Kier molecular flexibility index (Phi) is 5.71. The number of hydrogen-bond acceptors (Lipinski definition) is 3. The number of nitrogens with zero attached hydrogens (tertiary/aromatic N) is 1. The van der Waals surface area contributed by atoms with Crippen molar-refractivity contribution in [3.63, 3.8) is 0 Å². The third-order valence-corrected chi connectivity index (χ3v) is 4.59.